The molecule has 2 rings (SSSR count). The molecule has 0 bridgehead atoms. The van der Waals surface area contributed by atoms with Crippen LogP contribution in [0.25, 0.3) is 0 Å². The predicted octanol–water partition coefficient (Wildman–Crippen LogP) is 1.75. The molecule has 2 heterocycles. The summed E-state index contributed by atoms with van der Waals surface area (Å²) in [6, 6.07) is 0.196. The number of amides is 2. The van der Waals surface area contributed by atoms with Gasteiger partial charge < -0.3 is 19.5 Å². The Morgan fingerprint density at radius 3 is 3.00 bits per heavy atom. The lowest BCUT2D eigenvalue weighted by atomic mass is 10.1. The minimum atomic E-state index is 0.0271. The monoisotopic (exact) mass is 294 g/mol. The Bertz CT molecular complexity index is 484. The highest BCUT2D eigenvalue weighted by Gasteiger charge is 2.30. The fourth-order valence-corrected chi connectivity index (χ4v) is 2.77. The van der Waals surface area contributed by atoms with Gasteiger partial charge in [0.15, 0.2) is 0 Å². The fraction of sp³-hybridized carbons (Fsp3) is 0.733. The van der Waals surface area contributed by atoms with Crippen LogP contribution in [0.3, 0.4) is 0 Å². The van der Waals surface area contributed by atoms with Crippen LogP contribution in [0.4, 0.5) is 4.79 Å². The summed E-state index contributed by atoms with van der Waals surface area (Å²) in [5, 5.41) is 2.95. The van der Waals surface area contributed by atoms with E-state index in [1.165, 1.54) is 0 Å². The Hall–Kier alpha value is -1.56. The molecule has 6 heteroatoms. The zero-order valence-electron chi connectivity index (χ0n) is 13.4. The average molecular weight is 294 g/mol. The Balaban J connectivity index is 2.02. The molecule has 1 saturated heterocycles. The van der Waals surface area contributed by atoms with E-state index in [9.17, 15) is 4.79 Å². The highest BCUT2D eigenvalue weighted by molar-refractivity contribution is 5.74. The second-order valence-corrected chi connectivity index (χ2v) is 5.94. The van der Waals surface area contributed by atoms with Gasteiger partial charge in [-0.25, -0.2) is 9.78 Å². The number of nitrogens with zero attached hydrogens (tertiary/aromatic N) is 3. The summed E-state index contributed by atoms with van der Waals surface area (Å²) in [4.78, 5) is 18.5. The third-order valence-corrected chi connectivity index (χ3v) is 3.86. The standard InChI is InChI=1S/C15H26N4O2/c1-11(2)17-15(20)18-6-5-13(10-18)14-16-9-12(3)19(14)7-8-21-4/h9,11,13H,5-8,10H2,1-4H3,(H,17,20). The van der Waals surface area contributed by atoms with Gasteiger partial charge in [0.25, 0.3) is 0 Å². The number of aromatic nitrogens is 2. The summed E-state index contributed by atoms with van der Waals surface area (Å²) in [6.07, 6.45) is 2.87. The van der Waals surface area contributed by atoms with Gasteiger partial charge in [-0.2, -0.15) is 0 Å². The van der Waals surface area contributed by atoms with E-state index in [2.05, 4.69) is 21.8 Å². The van der Waals surface area contributed by atoms with Crippen LogP contribution in [0.15, 0.2) is 6.20 Å². The van der Waals surface area contributed by atoms with Gasteiger partial charge >= 0.3 is 6.03 Å². The number of rotatable bonds is 5. The molecule has 0 aliphatic carbocycles. The first kappa shape index (κ1) is 15.8. The number of imidazole rings is 1. The highest BCUT2D eigenvalue weighted by Crippen LogP contribution is 2.27. The third-order valence-electron chi connectivity index (χ3n) is 3.86. The first-order chi connectivity index (χ1) is 10.0. The normalized spacial score (nSPS) is 18.5. The largest absolute Gasteiger partial charge is 0.383 e. The summed E-state index contributed by atoms with van der Waals surface area (Å²) in [7, 11) is 1.71. The third kappa shape index (κ3) is 3.75. The number of hydrogen-bond donors (Lipinski definition) is 1. The van der Waals surface area contributed by atoms with E-state index >= 15 is 0 Å². The van der Waals surface area contributed by atoms with Crippen molar-refractivity contribution >= 4 is 6.03 Å². The van der Waals surface area contributed by atoms with Crippen molar-refractivity contribution in [3.05, 3.63) is 17.7 Å². The van der Waals surface area contributed by atoms with Gasteiger partial charge in [0.2, 0.25) is 0 Å². The van der Waals surface area contributed by atoms with Crippen LogP contribution in [0.5, 0.6) is 0 Å². The van der Waals surface area contributed by atoms with Gasteiger partial charge in [-0.15, -0.1) is 0 Å². The van der Waals surface area contributed by atoms with Crippen molar-refractivity contribution in [1.82, 2.24) is 19.8 Å². The van der Waals surface area contributed by atoms with Crippen molar-refractivity contribution < 1.29 is 9.53 Å². The fourth-order valence-electron chi connectivity index (χ4n) is 2.77. The number of urea groups is 1. The SMILES string of the molecule is COCCn1c(C)cnc1C1CCN(C(=O)NC(C)C)C1. The van der Waals surface area contributed by atoms with Gasteiger partial charge in [0.1, 0.15) is 5.82 Å². The molecule has 1 aliphatic heterocycles. The van der Waals surface area contributed by atoms with Gasteiger partial charge in [-0.3, -0.25) is 0 Å². The number of carbonyl (C=O) groups excluding carboxylic acids is 1. The van der Waals surface area contributed by atoms with Gasteiger partial charge in [0.05, 0.1) is 6.61 Å². The summed E-state index contributed by atoms with van der Waals surface area (Å²) >= 11 is 0. The van der Waals surface area contributed by atoms with E-state index in [0.29, 0.717) is 12.5 Å². The molecule has 1 unspecified atom stereocenters. The molecule has 0 aromatic carbocycles. The molecule has 1 aromatic heterocycles. The van der Waals surface area contributed by atoms with Crippen molar-refractivity contribution in [2.45, 2.75) is 45.7 Å². The maximum atomic E-state index is 12.1. The lowest BCUT2D eigenvalue weighted by Gasteiger charge is -2.19. The molecule has 1 aromatic rings. The number of carbonyl (C=O) groups is 1. The van der Waals surface area contributed by atoms with Crippen LogP contribution in [-0.4, -0.2) is 53.3 Å². The van der Waals surface area contributed by atoms with Crippen molar-refractivity contribution in [2.75, 3.05) is 26.8 Å². The van der Waals surface area contributed by atoms with Crippen molar-refractivity contribution in [3.63, 3.8) is 0 Å². The zero-order valence-corrected chi connectivity index (χ0v) is 13.4. The molecule has 1 atom stereocenters. The van der Waals surface area contributed by atoms with Gasteiger partial charge in [-0.1, -0.05) is 0 Å². The lowest BCUT2D eigenvalue weighted by Crippen LogP contribution is -2.41. The molecular weight excluding hydrogens is 268 g/mol. The quantitative estimate of drug-likeness (QED) is 0.900. The van der Waals surface area contributed by atoms with Gasteiger partial charge in [-0.05, 0) is 27.2 Å². The number of likely N-dealkylation sites (tertiary alicyclic amines) is 1. The Morgan fingerprint density at radius 2 is 2.33 bits per heavy atom. The van der Waals surface area contributed by atoms with Crippen LogP contribution < -0.4 is 5.32 Å². The van der Waals surface area contributed by atoms with Crippen LogP contribution in [-0.2, 0) is 11.3 Å². The number of ether oxygens (including phenoxy) is 1. The van der Waals surface area contributed by atoms with E-state index < -0.39 is 0 Å². The Labute approximate surface area is 126 Å². The maximum Gasteiger partial charge on any atom is 0.317 e. The predicted molar refractivity (Wildman–Crippen MR) is 81.4 cm³/mol. The van der Waals surface area contributed by atoms with E-state index in [1.54, 1.807) is 7.11 Å². The van der Waals surface area contributed by atoms with Gasteiger partial charge in [0, 0.05) is 50.6 Å². The van der Waals surface area contributed by atoms with Crippen LogP contribution in [0, 0.1) is 6.92 Å². The molecule has 1 fully saturated rings. The van der Waals surface area contributed by atoms with E-state index in [-0.39, 0.29) is 12.1 Å². The summed E-state index contributed by atoms with van der Waals surface area (Å²) in [5.74, 6) is 1.39. The molecule has 21 heavy (non-hydrogen) atoms. The Kier molecular flexibility index (Phi) is 5.22. The topological polar surface area (TPSA) is 59.4 Å². The molecule has 0 saturated carbocycles. The van der Waals surface area contributed by atoms with Crippen LogP contribution in [0.1, 0.15) is 37.7 Å². The zero-order chi connectivity index (χ0) is 15.4. The first-order valence-electron chi connectivity index (χ1n) is 7.59. The molecule has 2 amide bonds. The maximum absolute atomic E-state index is 12.1. The van der Waals surface area contributed by atoms with Crippen LogP contribution in [0.2, 0.25) is 0 Å². The molecular formula is C15H26N4O2. The molecule has 0 radical (unpaired) electrons. The minimum Gasteiger partial charge on any atom is -0.383 e. The second-order valence-electron chi connectivity index (χ2n) is 5.94. The molecule has 0 spiro atoms. The van der Waals surface area contributed by atoms with E-state index in [1.807, 2.05) is 24.9 Å². The van der Waals surface area contributed by atoms with Crippen molar-refractivity contribution in [2.24, 2.45) is 0 Å². The number of hydrogen-bond acceptors (Lipinski definition) is 3. The number of aryl methyl sites for hydroxylation is 1. The van der Waals surface area contributed by atoms with E-state index in [0.717, 1.165) is 37.6 Å². The summed E-state index contributed by atoms with van der Waals surface area (Å²) in [5.41, 5.74) is 1.15. The summed E-state index contributed by atoms with van der Waals surface area (Å²) in [6.45, 7) is 9.03. The molecule has 1 aliphatic rings. The van der Waals surface area contributed by atoms with E-state index in [4.69, 9.17) is 4.74 Å². The van der Waals surface area contributed by atoms with Crippen molar-refractivity contribution in [1.29, 1.82) is 0 Å². The minimum absolute atomic E-state index is 0.0271. The summed E-state index contributed by atoms with van der Waals surface area (Å²) < 4.78 is 7.37. The lowest BCUT2D eigenvalue weighted by molar-refractivity contribution is 0.185. The number of methoxy groups -OCH3 is 1. The molecule has 6 nitrogen and oxygen atoms in total. The second kappa shape index (κ2) is 6.93. The smallest absolute Gasteiger partial charge is 0.317 e. The number of nitrogens with one attached hydrogen (secondary N) is 1. The first-order valence-corrected chi connectivity index (χ1v) is 7.59. The van der Waals surface area contributed by atoms with Crippen LogP contribution >= 0.6 is 0 Å². The molecule has 1 N–H and O–H groups in total. The molecule has 118 valence electrons. The van der Waals surface area contributed by atoms with Crippen molar-refractivity contribution in [3.8, 4) is 0 Å². The average Bonchev–Trinajstić information content (AvgIpc) is 3.02. The Morgan fingerprint density at radius 1 is 1.57 bits per heavy atom. The highest BCUT2D eigenvalue weighted by atomic mass is 16.5.